The third-order valence-electron chi connectivity index (χ3n) is 9.88. The first-order chi connectivity index (χ1) is 24.2. The van der Waals surface area contributed by atoms with Crippen LogP contribution in [-0.2, 0) is 78.3 Å². The molecule has 3 aromatic rings. The maximum absolute atomic E-state index is 13.3. The van der Waals surface area contributed by atoms with Crippen LogP contribution in [0.1, 0.15) is 74.9 Å². The number of hydrogen-bond acceptors (Lipinski definition) is 10. The van der Waals surface area contributed by atoms with Crippen LogP contribution in [0, 0.1) is 35.5 Å². The van der Waals surface area contributed by atoms with Gasteiger partial charge in [-0.15, -0.1) is 0 Å². The molecule has 2 aromatic heterocycles. The molecule has 0 spiro atoms. The van der Waals surface area contributed by atoms with E-state index in [9.17, 15) is 19.2 Å². The molecule has 2 heterocycles. The van der Waals surface area contributed by atoms with Crippen LogP contribution in [0.5, 0.6) is 0 Å². The molecule has 4 atom stereocenters. The third-order valence-corrected chi connectivity index (χ3v) is 9.88. The van der Waals surface area contributed by atoms with E-state index in [1.54, 1.807) is 25.0 Å². The van der Waals surface area contributed by atoms with E-state index in [2.05, 4.69) is 9.97 Å². The number of carbonyl (C=O) groups excluding carboxylic acids is 4. The minimum Gasteiger partial charge on any atom is -0.465 e. The van der Waals surface area contributed by atoms with Gasteiger partial charge in [0.2, 0.25) is 0 Å². The molecule has 12 heteroatoms. The summed E-state index contributed by atoms with van der Waals surface area (Å²) in [5.41, 5.74) is 3.50. The van der Waals surface area contributed by atoms with Gasteiger partial charge in [0.25, 0.3) is 0 Å². The first-order valence-electron chi connectivity index (χ1n) is 17.8. The zero-order valence-corrected chi connectivity index (χ0v) is 29.6. The predicted molar refractivity (Wildman–Crippen MR) is 182 cm³/mol. The van der Waals surface area contributed by atoms with Crippen LogP contribution < -0.4 is 0 Å². The van der Waals surface area contributed by atoms with E-state index in [1.807, 2.05) is 61.3 Å². The standard InChI is InChI=1S/C38H50N4O8/c1-5-33(29(15-31-17-39-23-41(31)3)21-49-35(43)27-11-12-27)37(45)47-19-25-7-9-26(10-8-25)20-48-38(46)34(6-2)30(16-32-18-40-24-42(32)4)22-50-36(44)28-13-14-28/h7-10,17-18,23-24,27-30,33-34H,5-6,11-16,19-22H2,1-4H3/t29-,30-,33-,34-/m0/s1. The SMILES string of the molecule is CC[C@H](C(=O)OCc1ccc(COC(=O)[C@@H](CC)[C@H](COC(=O)C2CC2)Cc2cncn2C)cc1)[C@H](COC(=O)C1CC1)Cc1cncn1C. The number of benzene rings is 1. The highest BCUT2D eigenvalue weighted by molar-refractivity contribution is 5.76. The van der Waals surface area contributed by atoms with Crippen molar-refractivity contribution in [2.24, 2.45) is 49.6 Å². The molecule has 50 heavy (non-hydrogen) atoms. The predicted octanol–water partition coefficient (Wildman–Crippen LogP) is 4.92. The maximum Gasteiger partial charge on any atom is 0.309 e. The molecule has 0 amide bonds. The van der Waals surface area contributed by atoms with E-state index in [4.69, 9.17) is 18.9 Å². The van der Waals surface area contributed by atoms with Crippen molar-refractivity contribution in [1.29, 1.82) is 0 Å². The van der Waals surface area contributed by atoms with Gasteiger partial charge >= 0.3 is 23.9 Å². The fourth-order valence-corrected chi connectivity index (χ4v) is 6.23. The van der Waals surface area contributed by atoms with Crippen molar-refractivity contribution >= 4 is 23.9 Å². The van der Waals surface area contributed by atoms with E-state index in [-0.39, 0.29) is 74.0 Å². The van der Waals surface area contributed by atoms with Crippen LogP contribution in [0.3, 0.4) is 0 Å². The Morgan fingerprint density at radius 3 is 1.34 bits per heavy atom. The quantitative estimate of drug-likeness (QED) is 0.119. The van der Waals surface area contributed by atoms with E-state index < -0.39 is 11.8 Å². The van der Waals surface area contributed by atoms with E-state index in [1.165, 1.54) is 0 Å². The average molecular weight is 691 g/mol. The topological polar surface area (TPSA) is 141 Å². The highest BCUT2D eigenvalue weighted by Gasteiger charge is 2.36. The lowest BCUT2D eigenvalue weighted by atomic mass is 9.87. The van der Waals surface area contributed by atoms with Crippen LogP contribution in [0.15, 0.2) is 49.3 Å². The third kappa shape index (κ3) is 10.3. The van der Waals surface area contributed by atoms with Gasteiger partial charge in [-0.3, -0.25) is 19.2 Å². The van der Waals surface area contributed by atoms with Gasteiger partial charge in [0.15, 0.2) is 0 Å². The second-order valence-electron chi connectivity index (χ2n) is 13.8. The Bertz CT molecular complexity index is 1470. The van der Waals surface area contributed by atoms with E-state index in [0.717, 1.165) is 48.2 Å². The molecule has 0 aliphatic heterocycles. The molecule has 0 saturated heterocycles. The van der Waals surface area contributed by atoms with Crippen molar-refractivity contribution in [2.75, 3.05) is 13.2 Å². The number of carbonyl (C=O) groups is 4. The summed E-state index contributed by atoms with van der Waals surface area (Å²) < 4.78 is 26.6. The van der Waals surface area contributed by atoms with Crippen LogP contribution in [0.25, 0.3) is 0 Å². The first-order valence-corrected chi connectivity index (χ1v) is 17.8. The van der Waals surface area contributed by atoms with Crippen molar-refractivity contribution in [3.63, 3.8) is 0 Å². The van der Waals surface area contributed by atoms with Crippen molar-refractivity contribution in [1.82, 2.24) is 19.1 Å². The van der Waals surface area contributed by atoms with Gasteiger partial charge in [0.1, 0.15) is 13.2 Å². The lowest BCUT2D eigenvalue weighted by Gasteiger charge is -2.25. The van der Waals surface area contributed by atoms with Gasteiger partial charge in [-0.25, -0.2) is 9.97 Å². The van der Waals surface area contributed by atoms with E-state index >= 15 is 0 Å². The minimum atomic E-state index is -0.457. The Morgan fingerprint density at radius 1 is 0.660 bits per heavy atom. The Kier molecular flexibility index (Phi) is 12.8. The molecule has 1 aromatic carbocycles. The Hall–Kier alpha value is -4.48. The first kappa shape index (κ1) is 36.8. The fourth-order valence-electron chi connectivity index (χ4n) is 6.23. The van der Waals surface area contributed by atoms with Gasteiger partial charge < -0.3 is 28.1 Å². The molecule has 12 nitrogen and oxygen atoms in total. The summed E-state index contributed by atoms with van der Waals surface area (Å²) in [5, 5.41) is 0. The summed E-state index contributed by atoms with van der Waals surface area (Å²) in [6.07, 6.45) is 12.5. The Balaban J connectivity index is 1.13. The summed E-state index contributed by atoms with van der Waals surface area (Å²) in [6, 6.07) is 7.40. The van der Waals surface area contributed by atoms with Crippen LogP contribution in [-0.4, -0.2) is 56.2 Å². The van der Waals surface area contributed by atoms with Gasteiger partial charge in [-0.2, -0.15) is 0 Å². The molecule has 2 fully saturated rings. The number of aryl methyl sites for hydroxylation is 2. The van der Waals surface area contributed by atoms with Crippen LogP contribution >= 0.6 is 0 Å². The highest BCUT2D eigenvalue weighted by Crippen LogP contribution is 2.32. The van der Waals surface area contributed by atoms with Gasteiger partial charge in [-0.1, -0.05) is 38.1 Å². The number of imidazole rings is 2. The van der Waals surface area contributed by atoms with Crippen molar-refractivity contribution in [3.05, 3.63) is 71.8 Å². The van der Waals surface area contributed by atoms with E-state index in [0.29, 0.717) is 25.7 Å². The summed E-state index contributed by atoms with van der Waals surface area (Å²) in [6.45, 7) is 4.34. The zero-order valence-electron chi connectivity index (χ0n) is 29.6. The summed E-state index contributed by atoms with van der Waals surface area (Å²) >= 11 is 0. The normalized spacial score (nSPS) is 16.6. The number of aromatic nitrogens is 4. The van der Waals surface area contributed by atoms with Gasteiger partial charge in [0.05, 0.1) is 49.5 Å². The van der Waals surface area contributed by atoms with Gasteiger partial charge in [0, 0.05) is 49.7 Å². The van der Waals surface area contributed by atoms with Crippen molar-refractivity contribution in [3.8, 4) is 0 Å². The molecular weight excluding hydrogens is 640 g/mol. The van der Waals surface area contributed by atoms with Crippen LogP contribution in [0.2, 0.25) is 0 Å². The lowest BCUT2D eigenvalue weighted by molar-refractivity contribution is -0.157. The summed E-state index contributed by atoms with van der Waals surface area (Å²) in [5.74, 6) is -2.51. The van der Waals surface area contributed by atoms with Crippen LogP contribution in [0.4, 0.5) is 0 Å². The molecule has 0 N–H and O–H groups in total. The molecular formula is C38H50N4O8. The average Bonchev–Trinajstić information content (AvgIpc) is 4.05. The second-order valence-corrected chi connectivity index (χ2v) is 13.8. The summed E-state index contributed by atoms with van der Waals surface area (Å²) in [7, 11) is 3.80. The number of ether oxygens (including phenoxy) is 4. The number of esters is 4. The molecule has 2 aliphatic rings. The fraction of sp³-hybridized carbons (Fsp3) is 0.579. The lowest BCUT2D eigenvalue weighted by Crippen LogP contribution is -2.31. The molecule has 0 bridgehead atoms. The second kappa shape index (κ2) is 17.4. The molecule has 0 unspecified atom stereocenters. The monoisotopic (exact) mass is 690 g/mol. The Morgan fingerprint density at radius 2 is 1.04 bits per heavy atom. The molecule has 0 radical (unpaired) electrons. The number of hydrogen-bond donors (Lipinski definition) is 0. The molecule has 270 valence electrons. The van der Waals surface area contributed by atoms with Crippen molar-refractivity contribution < 1.29 is 38.1 Å². The smallest absolute Gasteiger partial charge is 0.309 e. The molecule has 2 aliphatic carbocycles. The maximum atomic E-state index is 13.3. The number of nitrogens with zero attached hydrogens (tertiary/aromatic N) is 4. The minimum absolute atomic E-state index is 0.0173. The van der Waals surface area contributed by atoms with Crippen molar-refractivity contribution in [2.45, 2.75) is 78.4 Å². The Labute approximate surface area is 293 Å². The number of rotatable bonds is 20. The van der Waals surface area contributed by atoms with Gasteiger partial charge in [-0.05, 0) is 62.5 Å². The summed E-state index contributed by atoms with van der Waals surface area (Å²) in [4.78, 5) is 59.7. The highest BCUT2D eigenvalue weighted by atomic mass is 16.5. The molecule has 5 rings (SSSR count). The zero-order chi connectivity index (χ0) is 35.6. The largest absolute Gasteiger partial charge is 0.465 e. The molecule has 2 saturated carbocycles.